The molecule has 0 aliphatic carbocycles. The van der Waals surface area contributed by atoms with Crippen LogP contribution in [0, 0.1) is 0 Å². The molecule has 0 amide bonds. The largest absolute Gasteiger partial charge is 0.507 e. The van der Waals surface area contributed by atoms with E-state index in [0.717, 1.165) is 18.5 Å². The predicted octanol–water partition coefficient (Wildman–Crippen LogP) is 2.64. The van der Waals surface area contributed by atoms with E-state index in [9.17, 15) is 5.11 Å². The lowest BCUT2D eigenvalue weighted by Gasteiger charge is -2.24. The highest BCUT2D eigenvalue weighted by atomic mass is 35.5. The average Bonchev–Trinajstić information content (AvgIpc) is 2.30. The van der Waals surface area contributed by atoms with E-state index < -0.39 is 0 Å². The van der Waals surface area contributed by atoms with Gasteiger partial charge in [-0.1, -0.05) is 12.5 Å². The number of ether oxygens (including phenoxy) is 1. The molecule has 16 heavy (non-hydrogen) atoms. The lowest BCUT2D eigenvalue weighted by molar-refractivity contribution is 0.383. The molecule has 4 heteroatoms. The van der Waals surface area contributed by atoms with Crippen LogP contribution in [0.4, 0.5) is 0 Å². The number of hydrogen-bond acceptors (Lipinski definition) is 3. The maximum Gasteiger partial charge on any atom is 0.124 e. The zero-order chi connectivity index (χ0) is 10.7. The smallest absolute Gasteiger partial charge is 0.124 e. The van der Waals surface area contributed by atoms with Crippen LogP contribution < -0.4 is 10.1 Å². The SMILES string of the molecule is COc1ccc([C@@H]2CCCCN2)c(O)c1.Cl. The minimum absolute atomic E-state index is 0. The summed E-state index contributed by atoms with van der Waals surface area (Å²) >= 11 is 0. The number of nitrogens with one attached hydrogen (secondary N) is 1. The summed E-state index contributed by atoms with van der Waals surface area (Å²) in [6, 6.07) is 5.80. The molecule has 3 nitrogen and oxygen atoms in total. The second-order valence-corrected chi connectivity index (χ2v) is 3.93. The third-order valence-electron chi connectivity index (χ3n) is 2.92. The standard InChI is InChI=1S/C12H17NO2.ClH/c1-15-9-5-6-10(12(14)8-9)11-4-2-3-7-13-11;/h5-6,8,11,13-14H,2-4,7H2,1H3;1H/t11-;/m0./s1. The van der Waals surface area contributed by atoms with Gasteiger partial charge in [-0.05, 0) is 25.5 Å². The van der Waals surface area contributed by atoms with Gasteiger partial charge in [0, 0.05) is 17.7 Å². The van der Waals surface area contributed by atoms with Crippen molar-refractivity contribution in [1.82, 2.24) is 5.32 Å². The van der Waals surface area contributed by atoms with Gasteiger partial charge in [-0.2, -0.15) is 0 Å². The average molecular weight is 244 g/mol. The normalized spacial score (nSPS) is 19.9. The summed E-state index contributed by atoms with van der Waals surface area (Å²) in [5.41, 5.74) is 0.982. The third-order valence-corrected chi connectivity index (χ3v) is 2.92. The summed E-state index contributed by atoms with van der Waals surface area (Å²) in [6.45, 7) is 1.04. The Hall–Kier alpha value is -0.930. The molecule has 2 rings (SSSR count). The monoisotopic (exact) mass is 243 g/mol. The topological polar surface area (TPSA) is 41.5 Å². The molecule has 1 aliphatic rings. The van der Waals surface area contributed by atoms with Crippen LogP contribution in [0.25, 0.3) is 0 Å². The first-order valence-electron chi connectivity index (χ1n) is 5.41. The van der Waals surface area contributed by atoms with Crippen molar-refractivity contribution in [3.63, 3.8) is 0 Å². The molecule has 0 spiro atoms. The van der Waals surface area contributed by atoms with Crippen molar-refractivity contribution in [2.75, 3.05) is 13.7 Å². The first-order chi connectivity index (χ1) is 7.31. The highest BCUT2D eigenvalue weighted by Crippen LogP contribution is 2.32. The van der Waals surface area contributed by atoms with E-state index >= 15 is 0 Å². The number of aromatic hydroxyl groups is 1. The van der Waals surface area contributed by atoms with Gasteiger partial charge in [0.05, 0.1) is 7.11 Å². The Bertz CT molecular complexity index is 338. The summed E-state index contributed by atoms with van der Waals surface area (Å²) < 4.78 is 5.06. The Morgan fingerprint density at radius 1 is 1.38 bits per heavy atom. The molecule has 1 aromatic carbocycles. The predicted molar refractivity (Wildman–Crippen MR) is 66.5 cm³/mol. The Morgan fingerprint density at radius 3 is 2.75 bits per heavy atom. The minimum atomic E-state index is 0. The number of halogens is 1. The second-order valence-electron chi connectivity index (χ2n) is 3.93. The van der Waals surface area contributed by atoms with Crippen LogP contribution in [-0.2, 0) is 0 Å². The van der Waals surface area contributed by atoms with Gasteiger partial charge in [0.2, 0.25) is 0 Å². The molecule has 1 fully saturated rings. The van der Waals surface area contributed by atoms with Crippen molar-refractivity contribution in [3.8, 4) is 11.5 Å². The molecular weight excluding hydrogens is 226 g/mol. The second kappa shape index (κ2) is 5.97. The quantitative estimate of drug-likeness (QED) is 0.839. The molecule has 2 N–H and O–H groups in total. The molecule has 0 saturated carbocycles. The number of methoxy groups -OCH3 is 1. The van der Waals surface area contributed by atoms with Crippen LogP contribution in [0.2, 0.25) is 0 Å². The summed E-state index contributed by atoms with van der Waals surface area (Å²) in [5, 5.41) is 13.3. The minimum Gasteiger partial charge on any atom is -0.507 e. The van der Waals surface area contributed by atoms with E-state index in [1.165, 1.54) is 12.8 Å². The van der Waals surface area contributed by atoms with Crippen LogP contribution >= 0.6 is 12.4 Å². The van der Waals surface area contributed by atoms with Crippen LogP contribution in [0.15, 0.2) is 18.2 Å². The van der Waals surface area contributed by atoms with Gasteiger partial charge >= 0.3 is 0 Å². The maximum absolute atomic E-state index is 9.85. The number of benzene rings is 1. The molecule has 1 heterocycles. The molecule has 1 aromatic rings. The van der Waals surface area contributed by atoms with E-state index in [-0.39, 0.29) is 12.4 Å². The molecule has 0 radical (unpaired) electrons. The fraction of sp³-hybridized carbons (Fsp3) is 0.500. The molecule has 0 unspecified atom stereocenters. The Morgan fingerprint density at radius 2 is 2.19 bits per heavy atom. The molecule has 1 saturated heterocycles. The van der Waals surface area contributed by atoms with Crippen LogP contribution in [0.1, 0.15) is 30.9 Å². The lowest BCUT2D eigenvalue weighted by atomic mass is 9.97. The van der Waals surface area contributed by atoms with E-state index in [1.54, 1.807) is 13.2 Å². The first-order valence-corrected chi connectivity index (χ1v) is 5.41. The highest BCUT2D eigenvalue weighted by molar-refractivity contribution is 5.85. The summed E-state index contributed by atoms with van der Waals surface area (Å²) in [7, 11) is 1.60. The van der Waals surface area contributed by atoms with Gasteiger partial charge in [0.1, 0.15) is 11.5 Å². The number of piperidine rings is 1. The molecular formula is C12H18ClNO2. The maximum atomic E-state index is 9.85. The molecule has 90 valence electrons. The van der Waals surface area contributed by atoms with Crippen molar-refractivity contribution in [2.24, 2.45) is 0 Å². The van der Waals surface area contributed by atoms with Gasteiger partial charge in [0.15, 0.2) is 0 Å². The number of hydrogen-bond donors (Lipinski definition) is 2. The number of rotatable bonds is 2. The molecule has 1 aliphatic heterocycles. The van der Waals surface area contributed by atoms with Crippen molar-refractivity contribution < 1.29 is 9.84 Å². The van der Waals surface area contributed by atoms with Crippen molar-refractivity contribution in [3.05, 3.63) is 23.8 Å². The van der Waals surface area contributed by atoms with Gasteiger partial charge in [-0.25, -0.2) is 0 Å². The summed E-state index contributed by atoms with van der Waals surface area (Å²) in [4.78, 5) is 0. The van der Waals surface area contributed by atoms with Crippen molar-refractivity contribution in [2.45, 2.75) is 25.3 Å². The van der Waals surface area contributed by atoms with Crippen molar-refractivity contribution in [1.29, 1.82) is 0 Å². The van der Waals surface area contributed by atoms with Gasteiger partial charge in [-0.15, -0.1) is 12.4 Å². The van der Waals surface area contributed by atoms with Crippen LogP contribution in [0.3, 0.4) is 0 Å². The Labute approximate surface area is 102 Å². The van der Waals surface area contributed by atoms with E-state index in [1.807, 2.05) is 12.1 Å². The summed E-state index contributed by atoms with van der Waals surface area (Å²) in [5.74, 6) is 1.03. The number of phenolic OH excluding ortho intramolecular Hbond substituents is 1. The number of phenols is 1. The van der Waals surface area contributed by atoms with Gasteiger partial charge in [0.25, 0.3) is 0 Å². The Kier molecular flexibility index (Phi) is 4.90. The zero-order valence-electron chi connectivity index (χ0n) is 9.40. The lowest BCUT2D eigenvalue weighted by Crippen LogP contribution is -2.26. The highest BCUT2D eigenvalue weighted by Gasteiger charge is 2.17. The van der Waals surface area contributed by atoms with Crippen LogP contribution in [0.5, 0.6) is 11.5 Å². The van der Waals surface area contributed by atoms with Crippen LogP contribution in [-0.4, -0.2) is 18.8 Å². The fourth-order valence-electron chi connectivity index (χ4n) is 2.06. The van der Waals surface area contributed by atoms with E-state index in [0.29, 0.717) is 17.5 Å². The first kappa shape index (κ1) is 13.1. The fourth-order valence-corrected chi connectivity index (χ4v) is 2.06. The van der Waals surface area contributed by atoms with Gasteiger partial charge in [-0.3, -0.25) is 0 Å². The van der Waals surface area contributed by atoms with Crippen molar-refractivity contribution >= 4 is 12.4 Å². The molecule has 1 atom stereocenters. The van der Waals surface area contributed by atoms with E-state index in [2.05, 4.69) is 5.32 Å². The molecule has 0 bridgehead atoms. The zero-order valence-corrected chi connectivity index (χ0v) is 10.2. The molecule has 0 aromatic heterocycles. The van der Waals surface area contributed by atoms with Gasteiger partial charge < -0.3 is 15.2 Å². The summed E-state index contributed by atoms with van der Waals surface area (Å²) in [6.07, 6.45) is 3.55. The van der Waals surface area contributed by atoms with E-state index in [4.69, 9.17) is 4.74 Å². The Balaban J connectivity index is 0.00000128. The third kappa shape index (κ3) is 2.80.